The Hall–Kier alpha value is -1.28. The van der Waals surface area contributed by atoms with Crippen molar-refractivity contribution in [2.75, 3.05) is 32.1 Å². The van der Waals surface area contributed by atoms with E-state index in [0.717, 1.165) is 12.8 Å². The molecule has 2 fully saturated rings. The highest BCUT2D eigenvalue weighted by Gasteiger charge is 2.24. The van der Waals surface area contributed by atoms with E-state index in [2.05, 4.69) is 5.32 Å². The van der Waals surface area contributed by atoms with Gasteiger partial charge in [0.05, 0.1) is 13.2 Å². The van der Waals surface area contributed by atoms with Gasteiger partial charge in [0.25, 0.3) is 0 Å². The Balaban J connectivity index is 1.37. The van der Waals surface area contributed by atoms with Crippen molar-refractivity contribution in [3.05, 3.63) is 0 Å². The van der Waals surface area contributed by atoms with Crippen molar-refractivity contribution in [3.8, 4) is 0 Å². The van der Waals surface area contributed by atoms with Crippen LogP contribution in [0.4, 0.5) is 4.79 Å². The number of carbonyl (C=O) groups is 3. The first-order valence-corrected chi connectivity index (χ1v) is 8.95. The van der Waals surface area contributed by atoms with Crippen molar-refractivity contribution in [2.45, 2.75) is 38.2 Å². The number of hydrogen-bond acceptors (Lipinski definition) is 7. The molecule has 1 saturated heterocycles. The molecule has 1 atom stereocenters. The second-order valence-corrected chi connectivity index (χ2v) is 6.83. The van der Waals surface area contributed by atoms with Crippen LogP contribution in [0.25, 0.3) is 0 Å². The Kier molecular flexibility index (Phi) is 7.67. The normalized spacial score (nSPS) is 19.0. The second kappa shape index (κ2) is 9.77. The lowest BCUT2D eigenvalue weighted by atomic mass is 10.3. The summed E-state index contributed by atoms with van der Waals surface area (Å²) in [5.74, 6) is 0.843. The molecule has 0 bridgehead atoms. The lowest BCUT2D eigenvalue weighted by Crippen LogP contribution is -2.27. The SMILES string of the molecule is O=C(CCCSC(=O)CCNC(=O)OCC1CC1)OCC1CO1. The first-order valence-electron chi connectivity index (χ1n) is 7.97. The van der Waals surface area contributed by atoms with Crippen LogP contribution in [0, 0.1) is 5.92 Å². The van der Waals surface area contributed by atoms with Gasteiger partial charge in [-0.15, -0.1) is 0 Å². The Morgan fingerprint density at radius 2 is 1.91 bits per heavy atom. The fourth-order valence-electron chi connectivity index (χ4n) is 1.69. The van der Waals surface area contributed by atoms with Crippen LogP contribution in [0.15, 0.2) is 0 Å². The standard InChI is InChI=1S/C15H23NO6S/c17-13(21-10-12-9-20-12)2-1-7-23-14(18)5-6-16-15(19)22-8-11-3-4-11/h11-12H,1-10H2,(H,16,19). The minimum atomic E-state index is -0.461. The van der Waals surface area contributed by atoms with E-state index in [9.17, 15) is 14.4 Å². The first-order chi connectivity index (χ1) is 11.1. The van der Waals surface area contributed by atoms with Gasteiger partial charge in [0.15, 0.2) is 5.12 Å². The molecule has 1 amide bonds. The number of rotatable bonds is 11. The quantitative estimate of drug-likeness (QED) is 0.344. The van der Waals surface area contributed by atoms with E-state index in [4.69, 9.17) is 14.2 Å². The predicted molar refractivity (Wildman–Crippen MR) is 84.1 cm³/mol. The summed E-state index contributed by atoms with van der Waals surface area (Å²) in [5, 5.41) is 2.55. The van der Waals surface area contributed by atoms with Crippen LogP contribution in [0.3, 0.4) is 0 Å². The molecule has 130 valence electrons. The van der Waals surface area contributed by atoms with Crippen LogP contribution in [-0.2, 0) is 23.8 Å². The summed E-state index contributed by atoms with van der Waals surface area (Å²) in [5.41, 5.74) is 0. The lowest BCUT2D eigenvalue weighted by molar-refractivity contribution is -0.144. The highest BCUT2D eigenvalue weighted by Crippen LogP contribution is 2.28. The van der Waals surface area contributed by atoms with E-state index < -0.39 is 6.09 Å². The summed E-state index contributed by atoms with van der Waals surface area (Å²) < 4.78 is 14.9. The molecule has 1 unspecified atom stereocenters. The molecule has 23 heavy (non-hydrogen) atoms. The number of alkyl carbamates (subject to hydrolysis) is 1. The zero-order chi connectivity index (χ0) is 16.5. The molecule has 0 spiro atoms. The average Bonchev–Trinajstić information content (AvgIpc) is 3.41. The smallest absolute Gasteiger partial charge is 0.407 e. The van der Waals surface area contributed by atoms with Crippen LogP contribution in [0.5, 0.6) is 0 Å². The van der Waals surface area contributed by atoms with Gasteiger partial charge in [-0.2, -0.15) is 0 Å². The number of nitrogens with one attached hydrogen (secondary N) is 1. The minimum Gasteiger partial charge on any atom is -0.463 e. The van der Waals surface area contributed by atoms with Crippen LogP contribution in [-0.4, -0.2) is 55.4 Å². The van der Waals surface area contributed by atoms with Crippen molar-refractivity contribution in [2.24, 2.45) is 5.92 Å². The average molecular weight is 345 g/mol. The van der Waals surface area contributed by atoms with Crippen molar-refractivity contribution in [1.29, 1.82) is 0 Å². The molecule has 1 N–H and O–H groups in total. The molecule has 0 radical (unpaired) electrons. The molecule has 7 nitrogen and oxygen atoms in total. The van der Waals surface area contributed by atoms with Gasteiger partial charge < -0.3 is 19.5 Å². The molecule has 1 aliphatic carbocycles. The van der Waals surface area contributed by atoms with Crippen LogP contribution >= 0.6 is 11.8 Å². The van der Waals surface area contributed by atoms with Crippen molar-refractivity contribution in [3.63, 3.8) is 0 Å². The summed E-state index contributed by atoms with van der Waals surface area (Å²) in [6.45, 7) is 1.74. The molecule has 1 heterocycles. The zero-order valence-electron chi connectivity index (χ0n) is 13.1. The number of hydrogen-bond donors (Lipinski definition) is 1. The summed E-state index contributed by atoms with van der Waals surface area (Å²) in [7, 11) is 0. The third-order valence-corrected chi connectivity index (χ3v) is 4.39. The predicted octanol–water partition coefficient (Wildman–Crippen LogP) is 1.49. The van der Waals surface area contributed by atoms with E-state index in [0.29, 0.717) is 44.3 Å². The third-order valence-electron chi connectivity index (χ3n) is 3.37. The Morgan fingerprint density at radius 1 is 1.13 bits per heavy atom. The van der Waals surface area contributed by atoms with Crippen LogP contribution in [0.1, 0.15) is 32.1 Å². The molecular formula is C15H23NO6S. The van der Waals surface area contributed by atoms with Gasteiger partial charge >= 0.3 is 12.1 Å². The maximum atomic E-state index is 11.6. The van der Waals surface area contributed by atoms with E-state index in [1.807, 2.05) is 0 Å². The van der Waals surface area contributed by atoms with E-state index >= 15 is 0 Å². The number of carbonyl (C=O) groups excluding carboxylic acids is 3. The molecule has 1 aliphatic heterocycles. The second-order valence-electron chi connectivity index (χ2n) is 5.68. The molecule has 8 heteroatoms. The highest BCUT2D eigenvalue weighted by atomic mass is 32.2. The molecule has 0 aromatic carbocycles. The maximum Gasteiger partial charge on any atom is 0.407 e. The molecule has 0 aromatic rings. The van der Waals surface area contributed by atoms with Gasteiger partial charge in [-0.3, -0.25) is 9.59 Å². The van der Waals surface area contributed by atoms with Crippen molar-refractivity contribution < 1.29 is 28.6 Å². The lowest BCUT2D eigenvalue weighted by Gasteiger charge is -2.06. The number of epoxide rings is 1. The fraction of sp³-hybridized carbons (Fsp3) is 0.800. The van der Waals surface area contributed by atoms with Gasteiger partial charge in [-0.1, -0.05) is 11.8 Å². The molecular weight excluding hydrogens is 322 g/mol. The molecule has 0 aromatic heterocycles. The van der Waals surface area contributed by atoms with E-state index in [1.54, 1.807) is 0 Å². The van der Waals surface area contributed by atoms with Crippen molar-refractivity contribution in [1.82, 2.24) is 5.32 Å². The van der Waals surface area contributed by atoms with Crippen LogP contribution < -0.4 is 5.32 Å². The van der Waals surface area contributed by atoms with Gasteiger partial charge in [0.1, 0.15) is 12.7 Å². The minimum absolute atomic E-state index is 0.00718. The van der Waals surface area contributed by atoms with Gasteiger partial charge in [0.2, 0.25) is 0 Å². The Labute approximate surface area is 139 Å². The summed E-state index contributed by atoms with van der Waals surface area (Å²) >= 11 is 1.17. The Bertz CT molecular complexity index is 422. The number of esters is 1. The van der Waals surface area contributed by atoms with Gasteiger partial charge in [-0.05, 0) is 25.2 Å². The van der Waals surface area contributed by atoms with E-state index in [-0.39, 0.29) is 30.2 Å². The number of amides is 1. The van der Waals surface area contributed by atoms with E-state index in [1.165, 1.54) is 11.8 Å². The van der Waals surface area contributed by atoms with Crippen LogP contribution in [0.2, 0.25) is 0 Å². The molecule has 1 saturated carbocycles. The zero-order valence-corrected chi connectivity index (χ0v) is 13.9. The van der Waals surface area contributed by atoms with Gasteiger partial charge in [-0.25, -0.2) is 4.79 Å². The summed E-state index contributed by atoms with van der Waals surface area (Å²) in [6, 6.07) is 0. The third kappa shape index (κ3) is 9.45. The fourth-order valence-corrected chi connectivity index (χ4v) is 2.46. The Morgan fingerprint density at radius 3 is 2.61 bits per heavy atom. The molecule has 2 aliphatic rings. The topological polar surface area (TPSA) is 94.2 Å². The maximum absolute atomic E-state index is 11.6. The largest absolute Gasteiger partial charge is 0.463 e. The van der Waals surface area contributed by atoms with Gasteiger partial charge in [0, 0.05) is 25.1 Å². The van der Waals surface area contributed by atoms with Crippen molar-refractivity contribution >= 4 is 28.9 Å². The summed E-state index contributed by atoms with van der Waals surface area (Å²) in [6.07, 6.45) is 3.04. The number of ether oxygens (including phenoxy) is 3. The highest BCUT2D eigenvalue weighted by molar-refractivity contribution is 8.13. The molecule has 2 rings (SSSR count). The monoisotopic (exact) mass is 345 g/mol. The number of thioether (sulfide) groups is 1. The summed E-state index contributed by atoms with van der Waals surface area (Å²) in [4.78, 5) is 34.2. The first kappa shape index (κ1) is 18.1.